The summed E-state index contributed by atoms with van der Waals surface area (Å²) in [5.74, 6) is -5.58. The van der Waals surface area contributed by atoms with Gasteiger partial charge in [0, 0.05) is 13.8 Å². The molecule has 1 N–H and O–H groups in total. The quantitative estimate of drug-likeness (QED) is 0.613. The van der Waals surface area contributed by atoms with Gasteiger partial charge in [0.1, 0.15) is 5.60 Å². The maximum absolute atomic E-state index is 12.8. The maximum Gasteiger partial charge on any atom is 0.324 e. The first-order valence-electron chi connectivity index (χ1n) is 8.39. The molecule has 7 nitrogen and oxygen atoms in total. The lowest BCUT2D eigenvalue weighted by Crippen LogP contribution is -2.53. The standard InChI is InChI=1S/C17H27NO6/c1-16(2,3)22-13(19)11(10-6-8-18-9-7-10)12-14(20)23-17(4,5)24-15(12)21/h10-12,18H,6-9H2,1-5H3. The van der Waals surface area contributed by atoms with Crippen LogP contribution < -0.4 is 5.32 Å². The molecule has 0 aliphatic carbocycles. The van der Waals surface area contributed by atoms with E-state index < -0.39 is 41.1 Å². The van der Waals surface area contributed by atoms with Crippen LogP contribution in [0.5, 0.6) is 0 Å². The zero-order valence-corrected chi connectivity index (χ0v) is 15.0. The van der Waals surface area contributed by atoms with Crippen LogP contribution in [0.1, 0.15) is 47.5 Å². The van der Waals surface area contributed by atoms with Gasteiger partial charge in [-0.1, -0.05) is 0 Å². The molecule has 0 aromatic heterocycles. The van der Waals surface area contributed by atoms with Crippen molar-refractivity contribution in [2.75, 3.05) is 13.1 Å². The van der Waals surface area contributed by atoms with Gasteiger partial charge in [-0.25, -0.2) is 0 Å². The molecule has 2 rings (SSSR count). The van der Waals surface area contributed by atoms with Gasteiger partial charge in [-0.2, -0.15) is 0 Å². The van der Waals surface area contributed by atoms with Crippen LogP contribution in [0.2, 0.25) is 0 Å². The minimum Gasteiger partial charge on any atom is -0.460 e. The number of carbonyl (C=O) groups excluding carboxylic acids is 3. The molecule has 2 fully saturated rings. The Balaban J connectivity index is 2.29. The number of hydrogen-bond acceptors (Lipinski definition) is 7. The molecular formula is C17H27NO6. The molecule has 0 spiro atoms. The average molecular weight is 341 g/mol. The van der Waals surface area contributed by atoms with Crippen molar-refractivity contribution in [1.29, 1.82) is 0 Å². The second-order valence-corrected chi connectivity index (χ2v) is 7.87. The molecule has 2 aliphatic rings. The van der Waals surface area contributed by atoms with Crippen molar-refractivity contribution < 1.29 is 28.6 Å². The SMILES string of the molecule is CC(C)(C)OC(=O)C(C1CCNCC1)C1C(=O)OC(C)(C)OC1=O. The molecule has 0 radical (unpaired) electrons. The summed E-state index contributed by atoms with van der Waals surface area (Å²) in [5, 5.41) is 3.21. The smallest absolute Gasteiger partial charge is 0.324 e. The summed E-state index contributed by atoms with van der Waals surface area (Å²) in [5.41, 5.74) is -0.704. The van der Waals surface area contributed by atoms with Crippen molar-refractivity contribution in [3.8, 4) is 0 Å². The van der Waals surface area contributed by atoms with Crippen molar-refractivity contribution >= 4 is 17.9 Å². The van der Waals surface area contributed by atoms with E-state index in [1.54, 1.807) is 20.8 Å². The molecule has 1 atom stereocenters. The molecule has 2 aliphatic heterocycles. The van der Waals surface area contributed by atoms with Crippen molar-refractivity contribution in [3.05, 3.63) is 0 Å². The van der Waals surface area contributed by atoms with Crippen molar-refractivity contribution in [3.63, 3.8) is 0 Å². The Morgan fingerprint density at radius 2 is 1.67 bits per heavy atom. The molecule has 1 unspecified atom stereocenters. The summed E-state index contributed by atoms with van der Waals surface area (Å²) in [7, 11) is 0. The van der Waals surface area contributed by atoms with Crippen LogP contribution in [0.3, 0.4) is 0 Å². The highest BCUT2D eigenvalue weighted by molar-refractivity contribution is 6.00. The maximum atomic E-state index is 12.8. The lowest BCUT2D eigenvalue weighted by Gasteiger charge is -2.39. The number of nitrogens with one attached hydrogen (secondary N) is 1. The Labute approximate surface area is 142 Å². The molecule has 2 heterocycles. The zero-order valence-electron chi connectivity index (χ0n) is 15.0. The largest absolute Gasteiger partial charge is 0.460 e. The van der Waals surface area contributed by atoms with Crippen LogP contribution in [-0.4, -0.2) is 42.4 Å². The Morgan fingerprint density at radius 3 is 2.12 bits per heavy atom. The molecular weight excluding hydrogens is 314 g/mol. The van der Waals surface area contributed by atoms with Crippen LogP contribution in [0.25, 0.3) is 0 Å². The van der Waals surface area contributed by atoms with E-state index in [9.17, 15) is 14.4 Å². The first kappa shape index (κ1) is 18.7. The van der Waals surface area contributed by atoms with Crippen LogP contribution in [0.15, 0.2) is 0 Å². The number of hydrogen-bond donors (Lipinski definition) is 1. The minimum absolute atomic E-state index is 0.132. The van der Waals surface area contributed by atoms with Crippen molar-refractivity contribution in [2.45, 2.75) is 58.8 Å². The number of piperidine rings is 1. The van der Waals surface area contributed by atoms with Gasteiger partial charge < -0.3 is 19.5 Å². The van der Waals surface area contributed by atoms with E-state index >= 15 is 0 Å². The third kappa shape index (κ3) is 4.47. The summed E-state index contributed by atoms with van der Waals surface area (Å²) in [6, 6.07) is 0. The Bertz CT molecular complexity index is 496. The van der Waals surface area contributed by atoms with Gasteiger partial charge in [-0.15, -0.1) is 0 Å². The topological polar surface area (TPSA) is 90.9 Å². The lowest BCUT2D eigenvalue weighted by molar-refractivity contribution is -0.245. The van der Waals surface area contributed by atoms with Gasteiger partial charge in [-0.3, -0.25) is 14.4 Å². The van der Waals surface area contributed by atoms with Gasteiger partial charge in [0.15, 0.2) is 5.92 Å². The summed E-state index contributed by atoms with van der Waals surface area (Å²) < 4.78 is 15.9. The fourth-order valence-corrected chi connectivity index (χ4v) is 3.20. The molecule has 0 aromatic rings. The highest BCUT2D eigenvalue weighted by Crippen LogP contribution is 2.36. The Hall–Kier alpha value is -1.63. The van der Waals surface area contributed by atoms with E-state index in [4.69, 9.17) is 14.2 Å². The highest BCUT2D eigenvalue weighted by atomic mass is 16.7. The summed E-state index contributed by atoms with van der Waals surface area (Å²) >= 11 is 0. The number of ether oxygens (including phenoxy) is 3. The fraction of sp³-hybridized carbons (Fsp3) is 0.824. The monoisotopic (exact) mass is 341 g/mol. The van der Waals surface area contributed by atoms with E-state index in [1.807, 2.05) is 0 Å². The molecule has 0 aromatic carbocycles. The third-order valence-electron chi connectivity index (χ3n) is 4.13. The van der Waals surface area contributed by atoms with Gasteiger partial charge in [0.25, 0.3) is 5.79 Å². The van der Waals surface area contributed by atoms with Crippen molar-refractivity contribution in [1.82, 2.24) is 5.32 Å². The second kappa shape index (κ2) is 6.70. The Kier molecular flexibility index (Phi) is 5.22. The van der Waals surface area contributed by atoms with Gasteiger partial charge >= 0.3 is 17.9 Å². The molecule has 0 saturated carbocycles. The first-order valence-corrected chi connectivity index (χ1v) is 8.39. The Morgan fingerprint density at radius 1 is 1.17 bits per heavy atom. The third-order valence-corrected chi connectivity index (χ3v) is 4.13. The number of esters is 3. The second-order valence-electron chi connectivity index (χ2n) is 7.87. The van der Waals surface area contributed by atoms with Gasteiger partial charge in [-0.05, 0) is 52.6 Å². The van der Waals surface area contributed by atoms with Gasteiger partial charge in [0.05, 0.1) is 5.92 Å². The normalized spacial score (nSPS) is 24.0. The number of rotatable bonds is 3. The van der Waals surface area contributed by atoms with Crippen LogP contribution >= 0.6 is 0 Å². The summed E-state index contributed by atoms with van der Waals surface area (Å²) in [4.78, 5) is 37.6. The number of carbonyl (C=O) groups is 3. The molecule has 0 amide bonds. The minimum atomic E-state index is -1.31. The van der Waals surface area contributed by atoms with E-state index in [1.165, 1.54) is 13.8 Å². The average Bonchev–Trinajstić information content (AvgIpc) is 2.40. The fourth-order valence-electron chi connectivity index (χ4n) is 3.20. The van der Waals surface area contributed by atoms with E-state index in [-0.39, 0.29) is 5.92 Å². The molecule has 0 bridgehead atoms. The van der Waals surface area contributed by atoms with E-state index in [2.05, 4.69) is 5.32 Å². The molecule has 7 heteroatoms. The van der Waals surface area contributed by atoms with Crippen LogP contribution in [0, 0.1) is 17.8 Å². The van der Waals surface area contributed by atoms with Crippen LogP contribution in [0.4, 0.5) is 0 Å². The van der Waals surface area contributed by atoms with E-state index in [0.717, 1.165) is 13.1 Å². The lowest BCUT2D eigenvalue weighted by atomic mass is 9.76. The highest BCUT2D eigenvalue weighted by Gasteiger charge is 2.52. The predicted octanol–water partition coefficient (Wildman–Crippen LogP) is 1.40. The van der Waals surface area contributed by atoms with Crippen molar-refractivity contribution in [2.24, 2.45) is 17.8 Å². The zero-order chi connectivity index (χ0) is 18.1. The van der Waals surface area contributed by atoms with Crippen LogP contribution in [-0.2, 0) is 28.6 Å². The number of cyclic esters (lactones) is 2. The van der Waals surface area contributed by atoms with E-state index in [0.29, 0.717) is 12.8 Å². The summed E-state index contributed by atoms with van der Waals surface area (Å²) in [6.45, 7) is 9.71. The van der Waals surface area contributed by atoms with Gasteiger partial charge in [0.2, 0.25) is 0 Å². The predicted molar refractivity (Wildman–Crippen MR) is 84.7 cm³/mol. The first-order chi connectivity index (χ1) is 11.0. The molecule has 2 saturated heterocycles. The molecule has 136 valence electrons. The summed E-state index contributed by atoms with van der Waals surface area (Å²) in [6.07, 6.45) is 1.37. The molecule has 24 heavy (non-hydrogen) atoms.